The molecule has 0 aliphatic carbocycles. The van der Waals surface area contributed by atoms with Gasteiger partial charge in [-0.15, -0.1) is 11.3 Å². The van der Waals surface area contributed by atoms with Gasteiger partial charge in [0.2, 0.25) is 0 Å². The first-order valence-electron chi connectivity index (χ1n) is 5.86. The van der Waals surface area contributed by atoms with Crippen LogP contribution in [0.25, 0.3) is 0 Å². The number of rotatable bonds is 6. The van der Waals surface area contributed by atoms with Crippen molar-refractivity contribution in [1.29, 1.82) is 5.26 Å². The summed E-state index contributed by atoms with van der Waals surface area (Å²) >= 11 is 1.89. The quantitative estimate of drug-likeness (QED) is 0.756. The van der Waals surface area contributed by atoms with Gasteiger partial charge in [0.1, 0.15) is 0 Å². The fourth-order valence-corrected chi connectivity index (χ4v) is 2.59. The Morgan fingerprint density at radius 2 is 2.06 bits per heavy atom. The van der Waals surface area contributed by atoms with Crippen molar-refractivity contribution < 1.29 is 0 Å². The zero-order chi connectivity index (χ0) is 12.0. The first-order valence-corrected chi connectivity index (χ1v) is 6.67. The first-order chi connectivity index (χ1) is 7.67. The number of nitrogens with zero attached hydrogens (tertiary/aromatic N) is 2. The SMILES string of the molecule is CCc1ccc(CN(CCC#N)C(C)C)s1. The molecule has 0 aliphatic heterocycles. The number of aryl methyl sites for hydroxylation is 1. The molecule has 1 rings (SSSR count). The standard InChI is InChI=1S/C13H20N2S/c1-4-12-6-7-13(16-12)10-15(11(2)3)9-5-8-14/h6-7,11H,4-5,9-10H2,1-3H3. The van der Waals surface area contributed by atoms with E-state index in [1.165, 1.54) is 9.75 Å². The highest BCUT2D eigenvalue weighted by atomic mass is 32.1. The van der Waals surface area contributed by atoms with Gasteiger partial charge in [0.15, 0.2) is 0 Å². The Bertz CT molecular complexity index is 349. The number of thiophene rings is 1. The van der Waals surface area contributed by atoms with Crippen molar-refractivity contribution >= 4 is 11.3 Å². The van der Waals surface area contributed by atoms with Gasteiger partial charge in [-0.25, -0.2) is 0 Å². The molecule has 0 amide bonds. The Labute approximate surface area is 103 Å². The lowest BCUT2D eigenvalue weighted by atomic mass is 10.2. The minimum Gasteiger partial charge on any atom is -0.295 e. The normalized spacial score (nSPS) is 11.0. The Kier molecular flexibility index (Phi) is 5.51. The molecule has 0 atom stereocenters. The fraction of sp³-hybridized carbons (Fsp3) is 0.615. The third-order valence-corrected chi connectivity index (χ3v) is 3.88. The maximum Gasteiger partial charge on any atom is 0.0635 e. The Hall–Kier alpha value is -0.850. The molecule has 0 N–H and O–H groups in total. The van der Waals surface area contributed by atoms with Crippen LogP contribution in [0.2, 0.25) is 0 Å². The van der Waals surface area contributed by atoms with E-state index in [1.54, 1.807) is 0 Å². The minimum atomic E-state index is 0.500. The third-order valence-electron chi connectivity index (χ3n) is 2.67. The van der Waals surface area contributed by atoms with Gasteiger partial charge in [-0.05, 0) is 32.4 Å². The Morgan fingerprint density at radius 1 is 1.38 bits per heavy atom. The van der Waals surface area contributed by atoms with Crippen LogP contribution >= 0.6 is 11.3 Å². The van der Waals surface area contributed by atoms with E-state index in [-0.39, 0.29) is 0 Å². The van der Waals surface area contributed by atoms with Crippen LogP contribution in [0.1, 0.15) is 36.9 Å². The van der Waals surface area contributed by atoms with Crippen molar-refractivity contribution in [2.75, 3.05) is 6.54 Å². The van der Waals surface area contributed by atoms with Gasteiger partial charge in [0.05, 0.1) is 6.07 Å². The molecule has 1 aromatic heterocycles. The molecule has 0 aliphatic rings. The van der Waals surface area contributed by atoms with Crippen LogP contribution in [-0.2, 0) is 13.0 Å². The van der Waals surface area contributed by atoms with E-state index in [0.717, 1.165) is 19.5 Å². The second-order valence-electron chi connectivity index (χ2n) is 4.19. The summed E-state index contributed by atoms with van der Waals surface area (Å²) < 4.78 is 0. The summed E-state index contributed by atoms with van der Waals surface area (Å²) in [6.07, 6.45) is 1.73. The highest BCUT2D eigenvalue weighted by Gasteiger charge is 2.10. The molecular weight excluding hydrogens is 216 g/mol. The summed E-state index contributed by atoms with van der Waals surface area (Å²) in [6, 6.07) is 7.14. The summed E-state index contributed by atoms with van der Waals surface area (Å²) in [4.78, 5) is 5.21. The number of hydrogen-bond donors (Lipinski definition) is 0. The Balaban J connectivity index is 2.57. The zero-order valence-corrected chi connectivity index (χ0v) is 11.2. The molecule has 2 nitrogen and oxygen atoms in total. The smallest absolute Gasteiger partial charge is 0.0635 e. The topological polar surface area (TPSA) is 27.0 Å². The lowest BCUT2D eigenvalue weighted by Gasteiger charge is -2.24. The van der Waals surface area contributed by atoms with Crippen molar-refractivity contribution in [3.8, 4) is 6.07 Å². The molecule has 0 fully saturated rings. The van der Waals surface area contributed by atoms with Crippen LogP contribution in [0.3, 0.4) is 0 Å². The van der Waals surface area contributed by atoms with E-state index in [9.17, 15) is 0 Å². The van der Waals surface area contributed by atoms with Gasteiger partial charge >= 0.3 is 0 Å². The van der Waals surface area contributed by atoms with Crippen molar-refractivity contribution in [3.05, 3.63) is 21.9 Å². The van der Waals surface area contributed by atoms with E-state index in [2.05, 4.69) is 43.9 Å². The molecule has 0 aromatic carbocycles. The fourth-order valence-electron chi connectivity index (χ4n) is 1.61. The molecule has 0 saturated heterocycles. The van der Waals surface area contributed by atoms with Crippen LogP contribution in [0.5, 0.6) is 0 Å². The van der Waals surface area contributed by atoms with Gasteiger partial charge in [-0.2, -0.15) is 5.26 Å². The van der Waals surface area contributed by atoms with Crippen molar-refractivity contribution in [3.63, 3.8) is 0 Å². The highest BCUT2D eigenvalue weighted by Crippen LogP contribution is 2.19. The van der Waals surface area contributed by atoms with E-state index in [1.807, 2.05) is 11.3 Å². The van der Waals surface area contributed by atoms with Crippen molar-refractivity contribution in [2.45, 2.75) is 46.2 Å². The van der Waals surface area contributed by atoms with Crippen molar-refractivity contribution in [1.82, 2.24) is 4.90 Å². The van der Waals surface area contributed by atoms with Crippen LogP contribution in [0.4, 0.5) is 0 Å². The van der Waals surface area contributed by atoms with Crippen LogP contribution < -0.4 is 0 Å². The summed E-state index contributed by atoms with van der Waals surface area (Å²) in [5.41, 5.74) is 0. The number of nitriles is 1. The van der Waals surface area contributed by atoms with Crippen LogP contribution in [-0.4, -0.2) is 17.5 Å². The third kappa shape index (κ3) is 3.96. The lowest BCUT2D eigenvalue weighted by Crippen LogP contribution is -2.30. The summed E-state index contributed by atoms with van der Waals surface area (Å²) in [5.74, 6) is 0. The monoisotopic (exact) mass is 236 g/mol. The summed E-state index contributed by atoms with van der Waals surface area (Å²) in [5, 5.41) is 8.63. The van der Waals surface area contributed by atoms with Crippen molar-refractivity contribution in [2.24, 2.45) is 0 Å². The highest BCUT2D eigenvalue weighted by molar-refractivity contribution is 7.11. The predicted octanol–water partition coefficient (Wildman–Crippen LogP) is 3.43. The van der Waals surface area contributed by atoms with E-state index in [0.29, 0.717) is 12.5 Å². The molecule has 0 spiro atoms. The average molecular weight is 236 g/mol. The minimum absolute atomic E-state index is 0.500. The molecule has 88 valence electrons. The molecule has 0 saturated carbocycles. The maximum atomic E-state index is 8.63. The maximum absolute atomic E-state index is 8.63. The predicted molar refractivity (Wildman–Crippen MR) is 69.5 cm³/mol. The summed E-state index contributed by atoms with van der Waals surface area (Å²) in [6.45, 7) is 8.40. The molecule has 0 radical (unpaired) electrons. The van der Waals surface area contributed by atoms with E-state index in [4.69, 9.17) is 5.26 Å². The van der Waals surface area contributed by atoms with Crippen LogP contribution in [0, 0.1) is 11.3 Å². The summed E-state index contributed by atoms with van der Waals surface area (Å²) in [7, 11) is 0. The van der Waals surface area contributed by atoms with Crippen LogP contribution in [0.15, 0.2) is 12.1 Å². The molecule has 3 heteroatoms. The second kappa shape index (κ2) is 6.67. The number of hydrogen-bond acceptors (Lipinski definition) is 3. The van der Waals surface area contributed by atoms with Gasteiger partial charge in [0.25, 0.3) is 0 Å². The van der Waals surface area contributed by atoms with E-state index < -0.39 is 0 Å². The molecule has 0 bridgehead atoms. The first kappa shape index (κ1) is 13.2. The molecule has 0 unspecified atom stereocenters. The molecule has 16 heavy (non-hydrogen) atoms. The Morgan fingerprint density at radius 3 is 2.56 bits per heavy atom. The van der Waals surface area contributed by atoms with Gasteiger partial charge in [0, 0.05) is 35.3 Å². The molecule has 1 heterocycles. The molecule has 1 aromatic rings. The van der Waals surface area contributed by atoms with E-state index >= 15 is 0 Å². The second-order valence-corrected chi connectivity index (χ2v) is 5.45. The lowest BCUT2D eigenvalue weighted by molar-refractivity contribution is 0.220. The molecular formula is C13H20N2S. The van der Waals surface area contributed by atoms with Gasteiger partial charge in [-0.3, -0.25) is 4.90 Å². The average Bonchev–Trinajstić information content (AvgIpc) is 2.71. The van der Waals surface area contributed by atoms with Gasteiger partial charge in [-0.1, -0.05) is 6.92 Å². The zero-order valence-electron chi connectivity index (χ0n) is 10.4. The largest absolute Gasteiger partial charge is 0.295 e. The van der Waals surface area contributed by atoms with Gasteiger partial charge < -0.3 is 0 Å².